The van der Waals surface area contributed by atoms with Crippen molar-refractivity contribution in [2.75, 3.05) is 10.8 Å². The van der Waals surface area contributed by atoms with E-state index in [-0.39, 0.29) is 22.7 Å². The van der Waals surface area contributed by atoms with E-state index in [1.165, 1.54) is 16.7 Å². The maximum absolute atomic E-state index is 12.5. The molecule has 1 aliphatic rings. The number of amides is 1. The van der Waals surface area contributed by atoms with Gasteiger partial charge in [0.25, 0.3) is 0 Å². The molecule has 3 heteroatoms. The van der Waals surface area contributed by atoms with Crippen molar-refractivity contribution < 1.29 is 4.79 Å². The first-order valence-corrected chi connectivity index (χ1v) is 8.89. The van der Waals surface area contributed by atoms with Gasteiger partial charge in [0.05, 0.1) is 0 Å². The van der Waals surface area contributed by atoms with E-state index in [1.807, 2.05) is 17.0 Å². The topological polar surface area (TPSA) is 20.3 Å². The number of hydrogen-bond donors (Lipinski definition) is 0. The number of anilines is 1. The molecule has 0 spiro atoms. The number of carbonyl (C=O) groups is 1. The van der Waals surface area contributed by atoms with Crippen LogP contribution in [0.25, 0.3) is 0 Å². The molecule has 1 aliphatic heterocycles. The highest BCUT2D eigenvalue weighted by molar-refractivity contribution is 6.29. The fourth-order valence-corrected chi connectivity index (χ4v) is 4.40. The molecular formula is C21H24ClNO. The lowest BCUT2D eigenvalue weighted by atomic mass is 9.65. The van der Waals surface area contributed by atoms with E-state index in [0.29, 0.717) is 0 Å². The molecule has 1 heterocycles. The maximum atomic E-state index is 12.5. The van der Waals surface area contributed by atoms with Crippen molar-refractivity contribution in [3.05, 3.63) is 65.2 Å². The first-order chi connectivity index (χ1) is 11.3. The highest BCUT2D eigenvalue weighted by Crippen LogP contribution is 2.50. The summed E-state index contributed by atoms with van der Waals surface area (Å²) in [4.78, 5) is 14.4. The van der Waals surface area contributed by atoms with Gasteiger partial charge in [0.2, 0.25) is 5.91 Å². The molecule has 0 saturated heterocycles. The Kier molecular flexibility index (Phi) is 4.21. The monoisotopic (exact) mass is 341 g/mol. The van der Waals surface area contributed by atoms with Gasteiger partial charge in [-0.1, -0.05) is 55.0 Å². The number of para-hydroxylation sites is 1. The standard InChI is InChI=1S/C21H24ClNO/c1-15-8-7-9-16(12-15)21(4)14-20(2,3)23(19(24)13-22)18-11-6-5-10-17(18)21/h5-12H,13-14H2,1-4H3/t21-/m0/s1. The highest BCUT2D eigenvalue weighted by atomic mass is 35.5. The fourth-order valence-electron chi connectivity index (χ4n) is 4.28. The summed E-state index contributed by atoms with van der Waals surface area (Å²) >= 11 is 5.90. The molecule has 3 rings (SSSR count). The third kappa shape index (κ3) is 2.63. The third-order valence-corrected chi connectivity index (χ3v) is 5.38. The number of nitrogens with zero attached hydrogens (tertiary/aromatic N) is 1. The summed E-state index contributed by atoms with van der Waals surface area (Å²) in [6.07, 6.45) is 0.850. The minimum atomic E-state index is -0.307. The number of aryl methyl sites for hydroxylation is 1. The second-order valence-electron chi connectivity index (χ2n) is 7.57. The van der Waals surface area contributed by atoms with E-state index in [9.17, 15) is 4.79 Å². The number of benzene rings is 2. The molecule has 0 bridgehead atoms. The predicted molar refractivity (Wildman–Crippen MR) is 101 cm³/mol. The summed E-state index contributed by atoms with van der Waals surface area (Å²) in [5, 5.41) is 0. The molecule has 2 aromatic rings. The van der Waals surface area contributed by atoms with Crippen LogP contribution in [0.2, 0.25) is 0 Å². The Morgan fingerprint density at radius 1 is 1.12 bits per heavy atom. The lowest BCUT2D eigenvalue weighted by Crippen LogP contribution is -2.56. The molecule has 0 saturated carbocycles. The van der Waals surface area contributed by atoms with Crippen LogP contribution in [-0.2, 0) is 10.2 Å². The molecule has 2 aromatic carbocycles. The summed E-state index contributed by atoms with van der Waals surface area (Å²) in [5.41, 5.74) is 4.26. The van der Waals surface area contributed by atoms with E-state index >= 15 is 0 Å². The van der Waals surface area contributed by atoms with Crippen LogP contribution in [0, 0.1) is 6.92 Å². The Morgan fingerprint density at radius 2 is 1.83 bits per heavy atom. The van der Waals surface area contributed by atoms with Crippen LogP contribution in [0.3, 0.4) is 0 Å². The largest absolute Gasteiger partial charge is 0.305 e. The van der Waals surface area contributed by atoms with Crippen LogP contribution in [0.1, 0.15) is 43.9 Å². The van der Waals surface area contributed by atoms with E-state index < -0.39 is 0 Å². The lowest BCUT2D eigenvalue weighted by Gasteiger charge is -2.51. The first kappa shape index (κ1) is 17.0. The summed E-state index contributed by atoms with van der Waals surface area (Å²) in [7, 11) is 0. The number of fused-ring (bicyclic) bond motifs is 1. The highest BCUT2D eigenvalue weighted by Gasteiger charge is 2.47. The number of hydrogen-bond acceptors (Lipinski definition) is 1. The van der Waals surface area contributed by atoms with Gasteiger partial charge in [-0.05, 0) is 44.4 Å². The zero-order valence-electron chi connectivity index (χ0n) is 14.8. The number of rotatable bonds is 2. The number of alkyl halides is 1. The Labute approximate surface area is 149 Å². The van der Waals surface area contributed by atoms with Gasteiger partial charge in [-0.25, -0.2) is 0 Å². The van der Waals surface area contributed by atoms with Crippen molar-refractivity contribution in [2.45, 2.75) is 45.1 Å². The van der Waals surface area contributed by atoms with Crippen molar-refractivity contribution in [3.63, 3.8) is 0 Å². The van der Waals surface area contributed by atoms with E-state index in [0.717, 1.165) is 12.1 Å². The van der Waals surface area contributed by atoms with Crippen LogP contribution in [0.4, 0.5) is 5.69 Å². The SMILES string of the molecule is Cc1cccc([C@]2(C)CC(C)(C)N(C(=O)CCl)c3ccccc32)c1. The van der Waals surface area contributed by atoms with Crippen molar-refractivity contribution >= 4 is 23.2 Å². The van der Waals surface area contributed by atoms with Crippen molar-refractivity contribution in [3.8, 4) is 0 Å². The maximum Gasteiger partial charge on any atom is 0.242 e. The van der Waals surface area contributed by atoms with Gasteiger partial charge >= 0.3 is 0 Å². The quantitative estimate of drug-likeness (QED) is 0.699. The Balaban J connectivity index is 2.25. The Morgan fingerprint density at radius 3 is 2.50 bits per heavy atom. The second kappa shape index (κ2) is 5.93. The van der Waals surface area contributed by atoms with Crippen LogP contribution in [0.15, 0.2) is 48.5 Å². The zero-order chi connectivity index (χ0) is 17.5. The zero-order valence-corrected chi connectivity index (χ0v) is 15.5. The summed E-state index contributed by atoms with van der Waals surface area (Å²) in [5.74, 6) is -0.0424. The summed E-state index contributed by atoms with van der Waals surface area (Å²) in [6, 6.07) is 16.9. The first-order valence-electron chi connectivity index (χ1n) is 8.35. The van der Waals surface area contributed by atoms with Gasteiger partial charge in [-0.3, -0.25) is 4.79 Å². The average Bonchev–Trinajstić information content (AvgIpc) is 2.54. The van der Waals surface area contributed by atoms with Crippen LogP contribution < -0.4 is 4.90 Å². The van der Waals surface area contributed by atoms with Gasteiger partial charge < -0.3 is 4.90 Å². The van der Waals surface area contributed by atoms with E-state index in [1.54, 1.807) is 0 Å². The molecule has 24 heavy (non-hydrogen) atoms. The smallest absolute Gasteiger partial charge is 0.242 e. The van der Waals surface area contributed by atoms with Crippen molar-refractivity contribution in [1.82, 2.24) is 0 Å². The molecule has 1 atom stereocenters. The van der Waals surface area contributed by atoms with Crippen LogP contribution in [0.5, 0.6) is 0 Å². The Hall–Kier alpha value is -1.80. The van der Waals surface area contributed by atoms with Gasteiger partial charge in [0.1, 0.15) is 5.88 Å². The summed E-state index contributed by atoms with van der Waals surface area (Å²) < 4.78 is 0. The molecule has 126 valence electrons. The van der Waals surface area contributed by atoms with Crippen molar-refractivity contribution in [2.24, 2.45) is 0 Å². The van der Waals surface area contributed by atoms with Crippen LogP contribution >= 0.6 is 11.6 Å². The van der Waals surface area contributed by atoms with Gasteiger partial charge in [0, 0.05) is 16.6 Å². The number of halogens is 1. The molecule has 0 unspecified atom stereocenters. The van der Waals surface area contributed by atoms with Crippen molar-refractivity contribution in [1.29, 1.82) is 0 Å². The van der Waals surface area contributed by atoms with E-state index in [2.05, 4.69) is 64.1 Å². The molecular weight excluding hydrogens is 318 g/mol. The predicted octanol–water partition coefficient (Wildman–Crippen LogP) is 5.06. The molecule has 0 N–H and O–H groups in total. The normalized spacial score (nSPS) is 22.1. The third-order valence-electron chi connectivity index (χ3n) is 5.15. The minimum Gasteiger partial charge on any atom is -0.305 e. The van der Waals surface area contributed by atoms with Gasteiger partial charge in [-0.2, -0.15) is 0 Å². The van der Waals surface area contributed by atoms with Crippen LogP contribution in [-0.4, -0.2) is 17.3 Å². The van der Waals surface area contributed by atoms with Gasteiger partial charge in [0.15, 0.2) is 0 Å². The number of carbonyl (C=O) groups excluding carboxylic acids is 1. The second-order valence-corrected chi connectivity index (χ2v) is 7.84. The molecule has 0 radical (unpaired) electrons. The molecule has 0 fully saturated rings. The lowest BCUT2D eigenvalue weighted by molar-refractivity contribution is -0.117. The molecule has 1 amide bonds. The Bertz CT molecular complexity index is 783. The van der Waals surface area contributed by atoms with Gasteiger partial charge in [-0.15, -0.1) is 11.6 Å². The fraction of sp³-hybridized carbons (Fsp3) is 0.381. The average molecular weight is 342 g/mol. The summed E-state index contributed by atoms with van der Waals surface area (Å²) in [6.45, 7) is 8.66. The minimum absolute atomic E-state index is 0.00107. The molecule has 2 nitrogen and oxygen atoms in total. The molecule has 0 aromatic heterocycles. The molecule has 0 aliphatic carbocycles. The van der Waals surface area contributed by atoms with E-state index in [4.69, 9.17) is 11.6 Å².